The molecule has 22 heavy (non-hydrogen) atoms. The molecule has 4 nitrogen and oxygen atoms in total. The molecule has 0 aromatic heterocycles. The Bertz CT molecular complexity index is 816. The van der Waals surface area contributed by atoms with Crippen LogP contribution in [0.5, 0.6) is 0 Å². The number of likely N-dealkylation sites (N-methyl/N-ethyl adjacent to an activating group) is 1. The second-order valence-electron chi connectivity index (χ2n) is 4.94. The van der Waals surface area contributed by atoms with E-state index < -0.39 is 5.97 Å². The molecule has 1 amide bonds. The largest absolute Gasteiger partial charge is 0.452 e. The van der Waals surface area contributed by atoms with Crippen LogP contribution in [0.1, 0.15) is 10.4 Å². The highest BCUT2D eigenvalue weighted by molar-refractivity contribution is 6.16. The van der Waals surface area contributed by atoms with E-state index in [9.17, 15) is 9.59 Å². The molecule has 0 aliphatic heterocycles. The van der Waals surface area contributed by atoms with Crippen molar-refractivity contribution in [3.8, 4) is 0 Å². The van der Waals surface area contributed by atoms with E-state index in [1.54, 1.807) is 0 Å². The van der Waals surface area contributed by atoms with Crippen molar-refractivity contribution in [3.63, 3.8) is 0 Å². The fraction of sp³-hybridized carbons (Fsp3) is 0.111. The summed E-state index contributed by atoms with van der Waals surface area (Å²) in [4.78, 5) is 23.8. The molecule has 3 aromatic carbocycles. The summed E-state index contributed by atoms with van der Waals surface area (Å²) in [6.07, 6.45) is 0. The Morgan fingerprint density at radius 3 is 2.05 bits per heavy atom. The second kappa shape index (κ2) is 5.85. The Hall–Kier alpha value is -2.88. The molecule has 3 aromatic rings. The van der Waals surface area contributed by atoms with Crippen LogP contribution in [0.3, 0.4) is 0 Å². The fourth-order valence-electron chi connectivity index (χ4n) is 2.51. The minimum Gasteiger partial charge on any atom is -0.452 e. The predicted molar refractivity (Wildman–Crippen MR) is 85.8 cm³/mol. The molecule has 0 atom stereocenters. The number of nitrogens with one attached hydrogen (secondary N) is 1. The van der Waals surface area contributed by atoms with Crippen LogP contribution in [-0.4, -0.2) is 25.5 Å². The molecular formula is C18H15NO3. The topological polar surface area (TPSA) is 55.4 Å². The number of hydrogen-bond donors (Lipinski definition) is 1. The summed E-state index contributed by atoms with van der Waals surface area (Å²) >= 11 is 0. The Labute approximate surface area is 127 Å². The van der Waals surface area contributed by atoms with Crippen LogP contribution in [0.2, 0.25) is 0 Å². The van der Waals surface area contributed by atoms with E-state index in [0.717, 1.165) is 21.5 Å². The maximum absolute atomic E-state index is 12.5. The summed E-state index contributed by atoms with van der Waals surface area (Å²) in [5, 5.41) is 6.01. The van der Waals surface area contributed by atoms with Crippen molar-refractivity contribution in [3.05, 3.63) is 60.2 Å². The van der Waals surface area contributed by atoms with Crippen molar-refractivity contribution >= 4 is 33.4 Å². The van der Waals surface area contributed by atoms with Gasteiger partial charge in [-0.15, -0.1) is 0 Å². The molecule has 0 heterocycles. The van der Waals surface area contributed by atoms with Gasteiger partial charge >= 0.3 is 5.97 Å². The normalized spacial score (nSPS) is 10.6. The fourth-order valence-corrected chi connectivity index (χ4v) is 2.51. The molecule has 0 bridgehead atoms. The molecule has 110 valence electrons. The van der Waals surface area contributed by atoms with Crippen LogP contribution >= 0.6 is 0 Å². The minimum atomic E-state index is -0.489. The lowest BCUT2D eigenvalue weighted by Crippen LogP contribution is -2.25. The zero-order valence-electron chi connectivity index (χ0n) is 12.1. The molecular weight excluding hydrogens is 278 g/mol. The van der Waals surface area contributed by atoms with Gasteiger partial charge in [0, 0.05) is 7.05 Å². The zero-order chi connectivity index (χ0) is 15.5. The highest BCUT2D eigenvalue weighted by Crippen LogP contribution is 2.28. The van der Waals surface area contributed by atoms with E-state index in [0.29, 0.717) is 5.56 Å². The van der Waals surface area contributed by atoms with Crippen molar-refractivity contribution in [2.24, 2.45) is 0 Å². The van der Waals surface area contributed by atoms with Crippen molar-refractivity contribution in [2.45, 2.75) is 0 Å². The SMILES string of the molecule is CNC(=O)COC(=O)c1c2ccccc2cc2ccccc12. The van der Waals surface area contributed by atoms with Crippen molar-refractivity contribution < 1.29 is 14.3 Å². The molecule has 0 spiro atoms. The molecule has 0 saturated heterocycles. The van der Waals surface area contributed by atoms with Gasteiger partial charge in [-0.2, -0.15) is 0 Å². The smallest absolute Gasteiger partial charge is 0.339 e. The minimum absolute atomic E-state index is 0.285. The first-order chi connectivity index (χ1) is 10.7. The number of carbonyl (C=O) groups excluding carboxylic acids is 2. The number of ether oxygens (including phenoxy) is 1. The van der Waals surface area contributed by atoms with Gasteiger partial charge in [0.15, 0.2) is 6.61 Å². The molecule has 4 heteroatoms. The van der Waals surface area contributed by atoms with Crippen molar-refractivity contribution in [1.82, 2.24) is 5.32 Å². The lowest BCUT2D eigenvalue weighted by atomic mass is 9.97. The summed E-state index contributed by atoms with van der Waals surface area (Å²) in [6.45, 7) is -0.285. The van der Waals surface area contributed by atoms with Crippen LogP contribution in [-0.2, 0) is 9.53 Å². The van der Waals surface area contributed by atoms with Crippen LogP contribution in [0, 0.1) is 0 Å². The van der Waals surface area contributed by atoms with Gasteiger partial charge in [0.2, 0.25) is 0 Å². The molecule has 0 fully saturated rings. The zero-order valence-corrected chi connectivity index (χ0v) is 12.1. The first-order valence-electron chi connectivity index (χ1n) is 6.99. The summed E-state index contributed by atoms with van der Waals surface area (Å²) in [5.74, 6) is -0.825. The third-order valence-corrected chi connectivity index (χ3v) is 3.59. The van der Waals surface area contributed by atoms with Gasteiger partial charge in [-0.1, -0.05) is 48.5 Å². The van der Waals surface area contributed by atoms with Crippen molar-refractivity contribution in [1.29, 1.82) is 0 Å². The van der Waals surface area contributed by atoms with Gasteiger partial charge in [-0.05, 0) is 27.6 Å². The molecule has 0 radical (unpaired) electrons. The Morgan fingerprint density at radius 1 is 0.955 bits per heavy atom. The van der Waals surface area contributed by atoms with E-state index in [2.05, 4.69) is 5.32 Å². The van der Waals surface area contributed by atoms with Gasteiger partial charge in [0.1, 0.15) is 0 Å². The summed E-state index contributed by atoms with van der Waals surface area (Å²) in [6, 6.07) is 17.3. The monoisotopic (exact) mass is 293 g/mol. The second-order valence-corrected chi connectivity index (χ2v) is 4.94. The predicted octanol–water partition coefficient (Wildman–Crippen LogP) is 2.90. The van der Waals surface area contributed by atoms with Gasteiger partial charge in [0.25, 0.3) is 5.91 Å². The molecule has 0 aliphatic rings. The van der Waals surface area contributed by atoms with Gasteiger partial charge in [0.05, 0.1) is 5.56 Å². The Morgan fingerprint density at radius 2 is 1.50 bits per heavy atom. The lowest BCUT2D eigenvalue weighted by Gasteiger charge is -2.11. The summed E-state index contributed by atoms with van der Waals surface area (Å²) < 4.78 is 5.15. The van der Waals surface area contributed by atoms with Crippen LogP contribution in [0.4, 0.5) is 0 Å². The maximum atomic E-state index is 12.5. The first kappa shape index (κ1) is 14.1. The Kier molecular flexibility index (Phi) is 3.74. The Balaban J connectivity index is 2.15. The number of carbonyl (C=O) groups is 2. The summed E-state index contributed by atoms with van der Waals surface area (Å²) in [7, 11) is 1.50. The van der Waals surface area contributed by atoms with Crippen LogP contribution < -0.4 is 5.32 Å². The highest BCUT2D eigenvalue weighted by atomic mass is 16.5. The van der Waals surface area contributed by atoms with Crippen molar-refractivity contribution in [2.75, 3.05) is 13.7 Å². The number of hydrogen-bond acceptors (Lipinski definition) is 3. The third-order valence-electron chi connectivity index (χ3n) is 3.59. The van der Waals surface area contributed by atoms with E-state index in [1.165, 1.54) is 7.05 Å². The molecule has 1 N–H and O–H groups in total. The molecule has 0 saturated carbocycles. The van der Waals surface area contributed by atoms with E-state index >= 15 is 0 Å². The first-order valence-corrected chi connectivity index (χ1v) is 6.99. The van der Waals surface area contributed by atoms with E-state index in [4.69, 9.17) is 4.74 Å². The maximum Gasteiger partial charge on any atom is 0.339 e. The van der Waals surface area contributed by atoms with Gasteiger partial charge < -0.3 is 10.1 Å². The summed E-state index contributed by atoms with van der Waals surface area (Å²) in [5.41, 5.74) is 0.498. The quantitative estimate of drug-likeness (QED) is 0.597. The third kappa shape index (κ3) is 2.51. The standard InChI is InChI=1S/C18H15NO3/c1-19-16(20)11-22-18(21)17-14-8-4-2-6-12(14)10-13-7-3-5-9-15(13)17/h2-10H,11H2,1H3,(H,19,20). The van der Waals surface area contributed by atoms with Gasteiger partial charge in [-0.25, -0.2) is 4.79 Å². The van der Waals surface area contributed by atoms with E-state index in [-0.39, 0.29) is 12.5 Å². The van der Waals surface area contributed by atoms with Crippen LogP contribution in [0.25, 0.3) is 21.5 Å². The average Bonchev–Trinajstić information content (AvgIpc) is 2.57. The van der Waals surface area contributed by atoms with E-state index in [1.807, 2.05) is 54.6 Å². The molecule has 3 rings (SSSR count). The van der Waals surface area contributed by atoms with Crippen LogP contribution in [0.15, 0.2) is 54.6 Å². The molecule has 0 aliphatic carbocycles. The number of esters is 1. The van der Waals surface area contributed by atoms with Gasteiger partial charge in [-0.3, -0.25) is 4.79 Å². The highest BCUT2D eigenvalue weighted by Gasteiger charge is 2.16. The number of rotatable bonds is 3. The number of fused-ring (bicyclic) bond motifs is 2. The number of amides is 1. The number of benzene rings is 3. The molecule has 0 unspecified atom stereocenters. The lowest BCUT2D eigenvalue weighted by molar-refractivity contribution is -0.123. The average molecular weight is 293 g/mol.